The molecule has 112 valence electrons. The Bertz CT molecular complexity index is 375. The number of benzene rings is 1. The molecule has 0 aromatic heterocycles. The van der Waals surface area contributed by atoms with E-state index in [2.05, 4.69) is 35.3 Å². The molecule has 20 heavy (non-hydrogen) atoms. The van der Waals surface area contributed by atoms with Crippen LogP contribution in [0.15, 0.2) is 24.3 Å². The van der Waals surface area contributed by atoms with Gasteiger partial charge in [0.05, 0.1) is 12.3 Å². The normalized spacial score (nSPS) is 16.1. The van der Waals surface area contributed by atoms with E-state index in [0.29, 0.717) is 0 Å². The molecule has 1 aliphatic rings. The molecule has 0 unspecified atom stereocenters. The Morgan fingerprint density at radius 1 is 1.15 bits per heavy atom. The summed E-state index contributed by atoms with van der Waals surface area (Å²) >= 11 is 0. The van der Waals surface area contributed by atoms with Gasteiger partial charge in [-0.05, 0) is 44.5 Å². The topological polar surface area (TPSA) is 24.5 Å². The van der Waals surface area contributed by atoms with Gasteiger partial charge in [0.2, 0.25) is 0 Å². The van der Waals surface area contributed by atoms with Crippen LogP contribution in [0.2, 0.25) is 0 Å². The third kappa shape index (κ3) is 5.04. The Morgan fingerprint density at radius 2 is 1.95 bits per heavy atom. The quantitative estimate of drug-likeness (QED) is 0.732. The molecule has 0 atom stereocenters. The highest BCUT2D eigenvalue weighted by Crippen LogP contribution is 2.23. The molecular weight excluding hydrogens is 248 g/mol. The van der Waals surface area contributed by atoms with Crippen molar-refractivity contribution in [3.8, 4) is 5.75 Å². The minimum absolute atomic E-state index is 0.807. The molecule has 0 bridgehead atoms. The first-order valence-corrected chi connectivity index (χ1v) is 8.08. The number of nitrogens with zero attached hydrogens (tertiary/aromatic N) is 1. The van der Waals surface area contributed by atoms with Crippen LogP contribution in [0.3, 0.4) is 0 Å². The van der Waals surface area contributed by atoms with Gasteiger partial charge < -0.3 is 15.0 Å². The van der Waals surface area contributed by atoms with Crippen molar-refractivity contribution in [3.63, 3.8) is 0 Å². The molecule has 1 heterocycles. The average Bonchev–Trinajstić information content (AvgIpc) is 2.50. The van der Waals surface area contributed by atoms with Crippen molar-refractivity contribution < 1.29 is 4.74 Å². The van der Waals surface area contributed by atoms with Gasteiger partial charge in [0.15, 0.2) is 0 Å². The fourth-order valence-corrected chi connectivity index (χ4v) is 2.60. The number of unbranched alkanes of at least 4 members (excludes halogenated alkanes) is 1. The van der Waals surface area contributed by atoms with E-state index in [9.17, 15) is 0 Å². The van der Waals surface area contributed by atoms with E-state index < -0.39 is 0 Å². The van der Waals surface area contributed by atoms with E-state index in [1.807, 2.05) is 6.07 Å². The van der Waals surface area contributed by atoms with Crippen molar-refractivity contribution in [2.24, 2.45) is 0 Å². The number of likely N-dealkylation sites (tertiary alicyclic amines) is 1. The molecule has 0 spiro atoms. The van der Waals surface area contributed by atoms with Gasteiger partial charge in [0.1, 0.15) is 5.75 Å². The van der Waals surface area contributed by atoms with Crippen molar-refractivity contribution in [2.75, 3.05) is 38.1 Å². The van der Waals surface area contributed by atoms with Crippen LogP contribution < -0.4 is 10.1 Å². The van der Waals surface area contributed by atoms with Crippen molar-refractivity contribution in [1.29, 1.82) is 0 Å². The van der Waals surface area contributed by atoms with Crippen LogP contribution in [-0.4, -0.2) is 37.7 Å². The van der Waals surface area contributed by atoms with Crippen LogP contribution in [0.5, 0.6) is 5.75 Å². The fraction of sp³-hybridized carbons (Fsp3) is 0.647. The Labute approximate surface area is 123 Å². The molecule has 1 aliphatic heterocycles. The summed E-state index contributed by atoms with van der Waals surface area (Å²) in [6.07, 6.45) is 6.40. The maximum absolute atomic E-state index is 5.84. The van der Waals surface area contributed by atoms with E-state index >= 15 is 0 Å². The van der Waals surface area contributed by atoms with Crippen LogP contribution in [0.4, 0.5) is 5.69 Å². The second kappa shape index (κ2) is 8.85. The van der Waals surface area contributed by atoms with Gasteiger partial charge in [-0.3, -0.25) is 0 Å². The monoisotopic (exact) mass is 276 g/mol. The smallest absolute Gasteiger partial charge is 0.142 e. The second-order valence-electron chi connectivity index (χ2n) is 5.53. The molecule has 1 N–H and O–H groups in total. The standard InChI is InChI=1S/C17H28N2O/c1-2-3-15-20-17-10-6-5-9-16(17)18-11-14-19-12-7-4-8-13-19/h5-6,9-10,18H,2-4,7-8,11-15H2,1H3. The second-order valence-corrected chi connectivity index (χ2v) is 5.53. The van der Waals surface area contributed by atoms with Crippen molar-refractivity contribution in [2.45, 2.75) is 39.0 Å². The molecule has 2 rings (SSSR count). The van der Waals surface area contributed by atoms with Crippen molar-refractivity contribution >= 4 is 5.69 Å². The zero-order valence-corrected chi connectivity index (χ0v) is 12.7. The van der Waals surface area contributed by atoms with E-state index in [1.165, 1.54) is 38.8 Å². The summed E-state index contributed by atoms with van der Waals surface area (Å²) in [5.41, 5.74) is 1.13. The number of rotatable bonds is 8. The lowest BCUT2D eigenvalue weighted by atomic mass is 10.1. The van der Waals surface area contributed by atoms with Gasteiger partial charge in [-0.15, -0.1) is 0 Å². The predicted molar refractivity (Wildman–Crippen MR) is 85.6 cm³/mol. The largest absolute Gasteiger partial charge is 0.491 e. The maximum atomic E-state index is 5.84. The number of hydrogen-bond acceptors (Lipinski definition) is 3. The molecule has 1 saturated heterocycles. The van der Waals surface area contributed by atoms with E-state index in [0.717, 1.165) is 37.6 Å². The first kappa shape index (κ1) is 15.2. The zero-order chi connectivity index (χ0) is 14.0. The fourth-order valence-electron chi connectivity index (χ4n) is 2.60. The molecule has 3 nitrogen and oxygen atoms in total. The summed E-state index contributed by atoms with van der Waals surface area (Å²) in [6, 6.07) is 8.27. The van der Waals surface area contributed by atoms with Crippen LogP contribution in [0, 0.1) is 0 Å². The first-order chi connectivity index (χ1) is 9.90. The first-order valence-electron chi connectivity index (χ1n) is 8.08. The number of nitrogens with one attached hydrogen (secondary N) is 1. The predicted octanol–water partition coefficient (Wildman–Crippen LogP) is 3.76. The summed E-state index contributed by atoms with van der Waals surface area (Å²) in [7, 11) is 0. The molecule has 3 heteroatoms. The van der Waals surface area contributed by atoms with E-state index in [-0.39, 0.29) is 0 Å². The number of anilines is 1. The molecule has 1 aromatic rings. The Hall–Kier alpha value is -1.22. The third-order valence-corrected chi connectivity index (χ3v) is 3.83. The number of ether oxygens (including phenoxy) is 1. The molecule has 0 radical (unpaired) electrons. The maximum Gasteiger partial charge on any atom is 0.142 e. The summed E-state index contributed by atoms with van der Waals surface area (Å²) in [5, 5.41) is 3.52. The van der Waals surface area contributed by atoms with Crippen LogP contribution in [-0.2, 0) is 0 Å². The summed E-state index contributed by atoms with van der Waals surface area (Å²) in [4.78, 5) is 2.55. The van der Waals surface area contributed by atoms with Gasteiger partial charge >= 0.3 is 0 Å². The molecule has 1 fully saturated rings. The Kier molecular flexibility index (Phi) is 6.72. The highest BCUT2D eigenvalue weighted by atomic mass is 16.5. The van der Waals surface area contributed by atoms with Crippen LogP contribution in [0.25, 0.3) is 0 Å². The summed E-state index contributed by atoms with van der Waals surface area (Å²) in [5.74, 6) is 0.986. The molecule has 0 aliphatic carbocycles. The highest BCUT2D eigenvalue weighted by Gasteiger charge is 2.09. The zero-order valence-electron chi connectivity index (χ0n) is 12.7. The Balaban J connectivity index is 1.76. The molecule has 0 amide bonds. The lowest BCUT2D eigenvalue weighted by Crippen LogP contribution is -2.33. The Morgan fingerprint density at radius 3 is 2.75 bits per heavy atom. The summed E-state index contributed by atoms with van der Waals surface area (Å²) in [6.45, 7) is 7.64. The lowest BCUT2D eigenvalue weighted by molar-refractivity contribution is 0.237. The SMILES string of the molecule is CCCCOc1ccccc1NCCN1CCCCC1. The van der Waals surface area contributed by atoms with Crippen molar-refractivity contribution in [3.05, 3.63) is 24.3 Å². The molecule has 0 saturated carbocycles. The number of hydrogen-bond donors (Lipinski definition) is 1. The van der Waals surface area contributed by atoms with Gasteiger partial charge in [0.25, 0.3) is 0 Å². The van der Waals surface area contributed by atoms with Gasteiger partial charge in [0, 0.05) is 13.1 Å². The van der Waals surface area contributed by atoms with Crippen LogP contribution in [0.1, 0.15) is 39.0 Å². The van der Waals surface area contributed by atoms with Gasteiger partial charge in [-0.1, -0.05) is 31.9 Å². The van der Waals surface area contributed by atoms with E-state index in [4.69, 9.17) is 4.74 Å². The minimum atomic E-state index is 0.807. The number of para-hydroxylation sites is 2. The van der Waals surface area contributed by atoms with Crippen molar-refractivity contribution in [1.82, 2.24) is 4.90 Å². The van der Waals surface area contributed by atoms with Crippen LogP contribution >= 0.6 is 0 Å². The third-order valence-electron chi connectivity index (χ3n) is 3.83. The lowest BCUT2D eigenvalue weighted by Gasteiger charge is -2.26. The highest BCUT2D eigenvalue weighted by molar-refractivity contribution is 5.56. The molecule has 1 aromatic carbocycles. The molecular formula is C17H28N2O. The van der Waals surface area contributed by atoms with Gasteiger partial charge in [-0.25, -0.2) is 0 Å². The number of piperidine rings is 1. The summed E-state index contributed by atoms with van der Waals surface area (Å²) < 4.78 is 5.84. The minimum Gasteiger partial charge on any atom is -0.491 e. The average molecular weight is 276 g/mol. The van der Waals surface area contributed by atoms with E-state index in [1.54, 1.807) is 0 Å². The van der Waals surface area contributed by atoms with Gasteiger partial charge in [-0.2, -0.15) is 0 Å².